The standard InChI is InChI=1S/C18H25N3O3/c1-14(2)19-17(23)18(24)21-12-10-20(11-13-21)16(22)9-8-15-6-4-3-5-7-15/h3-7,14H,8-13H2,1-2H3,(H,19,23). The SMILES string of the molecule is CC(C)NC(=O)C(=O)N1CCN(C(=O)CCc2ccccc2)CC1. The predicted molar refractivity (Wildman–Crippen MR) is 91.2 cm³/mol. The molecule has 6 heteroatoms. The molecule has 24 heavy (non-hydrogen) atoms. The first kappa shape index (κ1) is 18.0. The molecule has 0 saturated carbocycles. The molecular formula is C18H25N3O3. The van der Waals surface area contributed by atoms with E-state index in [1.165, 1.54) is 4.90 Å². The lowest BCUT2D eigenvalue weighted by molar-refractivity contribution is -0.148. The Morgan fingerprint density at radius 1 is 1.00 bits per heavy atom. The molecule has 130 valence electrons. The van der Waals surface area contributed by atoms with E-state index in [4.69, 9.17) is 0 Å². The van der Waals surface area contributed by atoms with Crippen LogP contribution in [0.3, 0.4) is 0 Å². The lowest BCUT2D eigenvalue weighted by Gasteiger charge is -2.34. The maximum absolute atomic E-state index is 12.3. The highest BCUT2D eigenvalue weighted by atomic mass is 16.2. The molecular weight excluding hydrogens is 306 g/mol. The molecule has 1 fully saturated rings. The van der Waals surface area contributed by atoms with Crippen molar-refractivity contribution in [3.63, 3.8) is 0 Å². The molecule has 1 aromatic rings. The number of amides is 3. The quantitative estimate of drug-likeness (QED) is 0.830. The summed E-state index contributed by atoms with van der Waals surface area (Å²) in [7, 11) is 0. The average Bonchev–Trinajstić information content (AvgIpc) is 2.59. The van der Waals surface area contributed by atoms with Gasteiger partial charge in [0.05, 0.1) is 0 Å². The fraction of sp³-hybridized carbons (Fsp3) is 0.500. The molecule has 0 bridgehead atoms. The third kappa shape index (κ3) is 5.08. The fourth-order valence-electron chi connectivity index (χ4n) is 2.68. The number of benzene rings is 1. The average molecular weight is 331 g/mol. The minimum absolute atomic E-state index is 0.0673. The lowest BCUT2D eigenvalue weighted by Crippen LogP contribution is -2.54. The zero-order valence-corrected chi connectivity index (χ0v) is 14.3. The van der Waals surface area contributed by atoms with Crippen molar-refractivity contribution in [2.75, 3.05) is 26.2 Å². The molecule has 1 aliphatic rings. The number of hydrogen-bond donors (Lipinski definition) is 1. The second-order valence-corrected chi connectivity index (χ2v) is 6.29. The highest BCUT2D eigenvalue weighted by Crippen LogP contribution is 2.08. The summed E-state index contributed by atoms with van der Waals surface area (Å²) in [6.45, 7) is 5.40. The number of nitrogens with zero attached hydrogens (tertiary/aromatic N) is 2. The van der Waals surface area contributed by atoms with Crippen LogP contribution >= 0.6 is 0 Å². The van der Waals surface area contributed by atoms with Crippen molar-refractivity contribution in [3.05, 3.63) is 35.9 Å². The summed E-state index contributed by atoms with van der Waals surface area (Å²) in [6.07, 6.45) is 1.18. The largest absolute Gasteiger partial charge is 0.346 e. The minimum Gasteiger partial charge on any atom is -0.346 e. The van der Waals surface area contributed by atoms with Gasteiger partial charge in [-0.3, -0.25) is 14.4 Å². The number of carbonyl (C=O) groups excluding carboxylic acids is 3. The van der Waals surface area contributed by atoms with Crippen LogP contribution in [0.2, 0.25) is 0 Å². The normalized spacial score (nSPS) is 14.6. The number of piperazine rings is 1. The summed E-state index contributed by atoms with van der Waals surface area (Å²) >= 11 is 0. The van der Waals surface area contributed by atoms with Gasteiger partial charge in [-0.1, -0.05) is 30.3 Å². The Morgan fingerprint density at radius 3 is 2.17 bits per heavy atom. The van der Waals surface area contributed by atoms with Crippen LogP contribution in [0.15, 0.2) is 30.3 Å². The van der Waals surface area contributed by atoms with Crippen molar-refractivity contribution in [1.29, 1.82) is 0 Å². The van der Waals surface area contributed by atoms with E-state index in [2.05, 4.69) is 5.32 Å². The molecule has 1 heterocycles. The number of carbonyl (C=O) groups is 3. The molecule has 0 radical (unpaired) electrons. The highest BCUT2D eigenvalue weighted by molar-refractivity contribution is 6.35. The van der Waals surface area contributed by atoms with Crippen LogP contribution in [0.25, 0.3) is 0 Å². The molecule has 2 rings (SSSR count). The van der Waals surface area contributed by atoms with Gasteiger partial charge in [0, 0.05) is 38.6 Å². The van der Waals surface area contributed by atoms with Crippen molar-refractivity contribution in [2.24, 2.45) is 0 Å². The lowest BCUT2D eigenvalue weighted by atomic mass is 10.1. The summed E-state index contributed by atoms with van der Waals surface area (Å²) in [4.78, 5) is 39.3. The smallest absolute Gasteiger partial charge is 0.312 e. The van der Waals surface area contributed by atoms with Crippen LogP contribution in [0.4, 0.5) is 0 Å². The second-order valence-electron chi connectivity index (χ2n) is 6.29. The van der Waals surface area contributed by atoms with Gasteiger partial charge in [0.25, 0.3) is 0 Å². The molecule has 0 unspecified atom stereocenters. The van der Waals surface area contributed by atoms with E-state index in [1.807, 2.05) is 44.2 Å². The van der Waals surface area contributed by atoms with Gasteiger partial charge in [-0.05, 0) is 25.8 Å². The van der Waals surface area contributed by atoms with Crippen LogP contribution in [0.5, 0.6) is 0 Å². The predicted octanol–water partition coefficient (Wildman–Crippen LogP) is 0.815. The Kier molecular flexibility index (Phi) is 6.35. The van der Waals surface area contributed by atoms with Gasteiger partial charge in [0.15, 0.2) is 0 Å². The van der Waals surface area contributed by atoms with Crippen molar-refractivity contribution in [2.45, 2.75) is 32.7 Å². The summed E-state index contributed by atoms with van der Waals surface area (Å²) in [5.74, 6) is -0.994. The van der Waals surface area contributed by atoms with E-state index in [0.29, 0.717) is 32.6 Å². The molecule has 0 aromatic heterocycles. The van der Waals surface area contributed by atoms with Crippen LogP contribution in [-0.4, -0.2) is 59.7 Å². The van der Waals surface area contributed by atoms with Crippen molar-refractivity contribution in [3.8, 4) is 0 Å². The Hall–Kier alpha value is -2.37. The van der Waals surface area contributed by atoms with E-state index in [-0.39, 0.29) is 11.9 Å². The van der Waals surface area contributed by atoms with Gasteiger partial charge < -0.3 is 15.1 Å². The van der Waals surface area contributed by atoms with Gasteiger partial charge in [0.2, 0.25) is 5.91 Å². The first-order chi connectivity index (χ1) is 11.5. The van der Waals surface area contributed by atoms with E-state index < -0.39 is 11.8 Å². The third-order valence-corrected chi connectivity index (χ3v) is 4.00. The van der Waals surface area contributed by atoms with Crippen LogP contribution in [-0.2, 0) is 20.8 Å². The Balaban J connectivity index is 1.76. The van der Waals surface area contributed by atoms with E-state index in [1.54, 1.807) is 4.90 Å². The van der Waals surface area contributed by atoms with Crippen molar-refractivity contribution >= 4 is 17.7 Å². The van der Waals surface area contributed by atoms with Crippen molar-refractivity contribution < 1.29 is 14.4 Å². The summed E-state index contributed by atoms with van der Waals surface area (Å²) in [6, 6.07) is 9.84. The van der Waals surface area contributed by atoms with E-state index in [0.717, 1.165) is 12.0 Å². The van der Waals surface area contributed by atoms with Crippen LogP contribution in [0, 0.1) is 0 Å². The highest BCUT2D eigenvalue weighted by Gasteiger charge is 2.27. The van der Waals surface area contributed by atoms with Gasteiger partial charge >= 0.3 is 11.8 Å². The monoisotopic (exact) mass is 331 g/mol. The molecule has 3 amide bonds. The molecule has 1 saturated heterocycles. The number of aryl methyl sites for hydroxylation is 1. The number of rotatable bonds is 4. The van der Waals surface area contributed by atoms with Gasteiger partial charge in [0.1, 0.15) is 0 Å². The minimum atomic E-state index is -0.575. The maximum atomic E-state index is 12.3. The second kappa shape index (κ2) is 8.47. The van der Waals surface area contributed by atoms with E-state index in [9.17, 15) is 14.4 Å². The van der Waals surface area contributed by atoms with E-state index >= 15 is 0 Å². The molecule has 0 spiro atoms. The zero-order chi connectivity index (χ0) is 17.5. The Labute approximate surface area is 142 Å². The summed E-state index contributed by atoms with van der Waals surface area (Å²) in [5.41, 5.74) is 1.14. The van der Waals surface area contributed by atoms with Crippen LogP contribution < -0.4 is 5.32 Å². The van der Waals surface area contributed by atoms with Crippen LogP contribution in [0.1, 0.15) is 25.8 Å². The Bertz CT molecular complexity index is 578. The summed E-state index contributed by atoms with van der Waals surface area (Å²) < 4.78 is 0. The number of hydrogen-bond acceptors (Lipinski definition) is 3. The molecule has 1 aromatic carbocycles. The number of nitrogens with one attached hydrogen (secondary N) is 1. The summed E-state index contributed by atoms with van der Waals surface area (Å²) in [5, 5.41) is 2.60. The molecule has 1 aliphatic heterocycles. The molecule has 0 aliphatic carbocycles. The topological polar surface area (TPSA) is 69.7 Å². The first-order valence-corrected chi connectivity index (χ1v) is 8.39. The molecule has 1 N–H and O–H groups in total. The fourth-order valence-corrected chi connectivity index (χ4v) is 2.68. The first-order valence-electron chi connectivity index (χ1n) is 8.39. The molecule has 6 nitrogen and oxygen atoms in total. The zero-order valence-electron chi connectivity index (χ0n) is 14.3. The third-order valence-electron chi connectivity index (χ3n) is 4.00. The Morgan fingerprint density at radius 2 is 1.58 bits per heavy atom. The maximum Gasteiger partial charge on any atom is 0.312 e. The van der Waals surface area contributed by atoms with Gasteiger partial charge in [-0.2, -0.15) is 0 Å². The van der Waals surface area contributed by atoms with Crippen molar-refractivity contribution in [1.82, 2.24) is 15.1 Å². The molecule has 0 atom stereocenters. The van der Waals surface area contributed by atoms with Gasteiger partial charge in [-0.15, -0.1) is 0 Å². The van der Waals surface area contributed by atoms with Gasteiger partial charge in [-0.25, -0.2) is 0 Å².